The van der Waals surface area contributed by atoms with Gasteiger partial charge in [-0.15, -0.1) is 0 Å². The normalized spacial score (nSPS) is 22.7. The van der Waals surface area contributed by atoms with Crippen molar-refractivity contribution in [1.29, 1.82) is 0 Å². The van der Waals surface area contributed by atoms with E-state index in [4.69, 9.17) is 4.74 Å². The van der Waals surface area contributed by atoms with E-state index in [2.05, 4.69) is 0 Å². The Morgan fingerprint density at radius 1 is 0.895 bits per heavy atom. The molecular weight excluding hydrogens is 495 g/mol. The van der Waals surface area contributed by atoms with Gasteiger partial charge in [0.25, 0.3) is 0 Å². The number of fused-ring (bicyclic) bond motifs is 4. The van der Waals surface area contributed by atoms with Crippen molar-refractivity contribution in [3.63, 3.8) is 0 Å². The molecule has 4 aromatic rings. The number of phenolic OH excluding ortho intramolecular Hbond substituents is 1. The second-order valence-electron chi connectivity index (χ2n) is 10.5. The van der Waals surface area contributed by atoms with Crippen LogP contribution in [0.15, 0.2) is 54.6 Å². The monoisotopic (exact) mass is 521 g/mol. The summed E-state index contributed by atoms with van der Waals surface area (Å²) in [5.41, 5.74) is 2.18. The highest BCUT2D eigenvalue weighted by Gasteiger charge is 2.52. The summed E-state index contributed by atoms with van der Waals surface area (Å²) in [6.45, 7) is 0. The molecule has 7 rings (SSSR count). The number of hydrogen-bond acceptors (Lipinski definition) is 3. The molecule has 5 nitrogen and oxygen atoms in total. The number of ether oxygens (including phenoxy) is 1. The van der Waals surface area contributed by atoms with Crippen molar-refractivity contribution in [3.8, 4) is 22.6 Å². The van der Waals surface area contributed by atoms with Crippen molar-refractivity contribution >= 4 is 16.9 Å². The fourth-order valence-electron chi connectivity index (χ4n) is 6.63. The molecule has 0 radical (unpaired) electrons. The zero-order chi connectivity index (χ0) is 26.8. The second kappa shape index (κ2) is 8.63. The van der Waals surface area contributed by atoms with E-state index < -0.39 is 28.8 Å². The molecule has 1 aromatic heterocycles. The summed E-state index contributed by atoms with van der Waals surface area (Å²) in [7, 11) is 1.73. The van der Waals surface area contributed by atoms with Gasteiger partial charge in [-0.25, -0.2) is 18.0 Å². The molecule has 8 heteroatoms. The molecule has 3 fully saturated rings. The lowest BCUT2D eigenvalue weighted by molar-refractivity contribution is -0.0963. The number of halogens is 3. The first-order valence-corrected chi connectivity index (χ1v) is 12.6. The lowest BCUT2D eigenvalue weighted by Gasteiger charge is -2.53. The molecule has 0 amide bonds. The number of aromatic nitrogens is 1. The third-order valence-electron chi connectivity index (χ3n) is 8.71. The summed E-state index contributed by atoms with van der Waals surface area (Å²) >= 11 is 0. The predicted molar refractivity (Wildman–Crippen MR) is 136 cm³/mol. The Morgan fingerprint density at radius 2 is 1.55 bits per heavy atom. The van der Waals surface area contributed by atoms with Crippen LogP contribution in [0.3, 0.4) is 0 Å². The maximum absolute atomic E-state index is 14.8. The van der Waals surface area contributed by atoms with Crippen LogP contribution in [0.4, 0.5) is 13.2 Å². The van der Waals surface area contributed by atoms with Gasteiger partial charge in [0.1, 0.15) is 11.6 Å². The predicted octanol–water partition coefficient (Wildman–Crippen LogP) is 7.11. The quantitative estimate of drug-likeness (QED) is 0.294. The maximum Gasteiger partial charge on any atom is 0.335 e. The number of carbonyl (C=O) groups is 1. The molecule has 2 N–H and O–H groups in total. The number of hydrogen-bond donors (Lipinski definition) is 2. The van der Waals surface area contributed by atoms with Crippen LogP contribution in [0.1, 0.15) is 54.6 Å². The zero-order valence-electron chi connectivity index (χ0n) is 20.7. The number of benzene rings is 3. The van der Waals surface area contributed by atoms with E-state index in [9.17, 15) is 28.2 Å². The van der Waals surface area contributed by atoms with Crippen LogP contribution < -0.4 is 0 Å². The number of aromatic carboxylic acids is 1. The van der Waals surface area contributed by atoms with Gasteiger partial charge in [-0.3, -0.25) is 0 Å². The Bertz CT molecular complexity index is 1570. The minimum atomic E-state index is -1.07. The third-order valence-corrected chi connectivity index (χ3v) is 8.71. The lowest BCUT2D eigenvalue weighted by atomic mass is 9.56. The molecule has 0 saturated heterocycles. The molecular formula is C30H26F3NO4. The SMILES string of the molecule is COC12CCC(c3c(-c4ccc(C(=O)O)cc4)c4c(O)cc(F)cc4n3-c3ccc(F)c(F)c3)(CC1)CC2. The van der Waals surface area contributed by atoms with Gasteiger partial charge < -0.3 is 19.5 Å². The molecule has 0 unspecified atom stereocenters. The average Bonchev–Trinajstić information content (AvgIpc) is 3.27. The smallest absolute Gasteiger partial charge is 0.335 e. The first kappa shape index (κ1) is 24.6. The van der Waals surface area contributed by atoms with Crippen molar-refractivity contribution in [2.24, 2.45) is 0 Å². The Hall–Kier alpha value is -3.78. The molecule has 196 valence electrons. The highest BCUT2D eigenvalue weighted by Crippen LogP contribution is 2.59. The van der Waals surface area contributed by atoms with Gasteiger partial charge in [-0.05, 0) is 74.4 Å². The standard InChI is InChI=1S/C30H26F3NO4/c1-38-30-11-8-29(9-12-30,10-13-30)27-25(17-2-4-18(5-3-17)28(36)37)26-23(14-19(31)15-24(26)35)34(27)20-6-7-21(32)22(33)16-20/h2-7,14-16,35H,8-13H2,1H3,(H,36,37). The summed E-state index contributed by atoms with van der Waals surface area (Å²) < 4.78 is 50.9. The molecule has 0 spiro atoms. The fourth-order valence-corrected chi connectivity index (χ4v) is 6.63. The van der Waals surface area contributed by atoms with Crippen LogP contribution in [0.5, 0.6) is 5.75 Å². The van der Waals surface area contributed by atoms with Gasteiger partial charge >= 0.3 is 5.97 Å². The minimum Gasteiger partial charge on any atom is -0.507 e. The molecule has 3 aliphatic rings. The van der Waals surface area contributed by atoms with Crippen LogP contribution in [0, 0.1) is 17.5 Å². The average molecular weight is 522 g/mol. The number of phenols is 1. The van der Waals surface area contributed by atoms with E-state index in [0.29, 0.717) is 27.7 Å². The molecule has 3 aliphatic carbocycles. The largest absolute Gasteiger partial charge is 0.507 e. The van der Waals surface area contributed by atoms with Crippen molar-refractivity contribution in [3.05, 3.63) is 83.3 Å². The van der Waals surface area contributed by atoms with Gasteiger partial charge in [-0.2, -0.15) is 0 Å². The summed E-state index contributed by atoms with van der Waals surface area (Å²) in [4.78, 5) is 11.5. The van der Waals surface area contributed by atoms with Gasteiger partial charge in [0, 0.05) is 41.6 Å². The first-order valence-electron chi connectivity index (χ1n) is 12.6. The van der Waals surface area contributed by atoms with Crippen LogP contribution in [-0.4, -0.2) is 33.5 Å². The molecule has 2 bridgehead atoms. The van der Waals surface area contributed by atoms with E-state index >= 15 is 0 Å². The Balaban J connectivity index is 1.72. The van der Waals surface area contributed by atoms with Crippen molar-refractivity contribution < 1.29 is 32.9 Å². The topological polar surface area (TPSA) is 71.7 Å². The summed E-state index contributed by atoms with van der Waals surface area (Å²) in [6.07, 6.45) is 4.68. The number of carboxylic acids is 1. The van der Waals surface area contributed by atoms with Crippen LogP contribution >= 0.6 is 0 Å². The van der Waals surface area contributed by atoms with Crippen LogP contribution in [0.2, 0.25) is 0 Å². The van der Waals surface area contributed by atoms with E-state index in [1.54, 1.807) is 23.8 Å². The maximum atomic E-state index is 14.8. The summed E-state index contributed by atoms with van der Waals surface area (Å²) in [5, 5.41) is 20.9. The minimum absolute atomic E-state index is 0.105. The number of methoxy groups -OCH3 is 1. The second-order valence-corrected chi connectivity index (χ2v) is 10.5. The zero-order valence-corrected chi connectivity index (χ0v) is 20.7. The van der Waals surface area contributed by atoms with E-state index in [0.717, 1.165) is 62.4 Å². The number of aromatic hydroxyl groups is 1. The molecule has 38 heavy (non-hydrogen) atoms. The number of rotatable bonds is 5. The Morgan fingerprint density at radius 3 is 2.13 bits per heavy atom. The van der Waals surface area contributed by atoms with E-state index in [1.165, 1.54) is 24.3 Å². The molecule has 0 atom stereocenters. The van der Waals surface area contributed by atoms with Crippen molar-refractivity contribution in [2.75, 3.05) is 7.11 Å². The van der Waals surface area contributed by atoms with Gasteiger partial charge in [0.2, 0.25) is 0 Å². The molecule has 3 saturated carbocycles. The van der Waals surface area contributed by atoms with Crippen LogP contribution in [0.25, 0.3) is 27.7 Å². The van der Waals surface area contributed by atoms with Crippen LogP contribution in [-0.2, 0) is 10.2 Å². The third kappa shape index (κ3) is 3.61. The van der Waals surface area contributed by atoms with Gasteiger partial charge in [0.15, 0.2) is 11.6 Å². The van der Waals surface area contributed by atoms with E-state index in [-0.39, 0.29) is 16.9 Å². The fraction of sp³-hybridized carbons (Fsp3) is 0.300. The lowest BCUT2D eigenvalue weighted by Crippen LogP contribution is -2.50. The Kier molecular flexibility index (Phi) is 5.57. The molecule has 1 heterocycles. The summed E-state index contributed by atoms with van der Waals surface area (Å²) in [6, 6.07) is 12.2. The molecule has 0 aliphatic heterocycles. The van der Waals surface area contributed by atoms with E-state index in [1.807, 2.05) is 0 Å². The highest BCUT2D eigenvalue weighted by molar-refractivity contribution is 6.04. The Labute approximate surface area is 217 Å². The number of carboxylic acid groups (broad SMARTS) is 1. The first-order chi connectivity index (χ1) is 18.2. The molecule has 3 aromatic carbocycles. The summed E-state index contributed by atoms with van der Waals surface area (Å²) in [5.74, 6) is -4.05. The van der Waals surface area contributed by atoms with Crippen molar-refractivity contribution in [1.82, 2.24) is 4.57 Å². The highest BCUT2D eigenvalue weighted by atomic mass is 19.2. The van der Waals surface area contributed by atoms with Gasteiger partial charge in [0.05, 0.1) is 22.1 Å². The van der Waals surface area contributed by atoms with Gasteiger partial charge in [-0.1, -0.05) is 12.1 Å². The van der Waals surface area contributed by atoms with Crippen molar-refractivity contribution in [2.45, 2.75) is 49.5 Å². The number of nitrogens with zero attached hydrogens (tertiary/aromatic N) is 1.